The van der Waals surface area contributed by atoms with E-state index in [9.17, 15) is 9.59 Å². The first kappa shape index (κ1) is 18.1. The van der Waals surface area contributed by atoms with Gasteiger partial charge in [0.25, 0.3) is 5.91 Å². The van der Waals surface area contributed by atoms with Crippen molar-refractivity contribution in [2.24, 2.45) is 5.10 Å². The monoisotopic (exact) mass is 390 g/mol. The molecule has 0 aliphatic carbocycles. The van der Waals surface area contributed by atoms with Crippen molar-refractivity contribution < 1.29 is 9.59 Å². The fourth-order valence-corrected chi connectivity index (χ4v) is 3.98. The van der Waals surface area contributed by atoms with Gasteiger partial charge in [-0.3, -0.25) is 9.59 Å². The van der Waals surface area contributed by atoms with Crippen LogP contribution in [0.25, 0.3) is 10.6 Å². The summed E-state index contributed by atoms with van der Waals surface area (Å²) in [7, 11) is 0. The molecule has 7 heteroatoms. The van der Waals surface area contributed by atoms with Crippen molar-refractivity contribution in [3.05, 3.63) is 70.2 Å². The van der Waals surface area contributed by atoms with Gasteiger partial charge in [0.15, 0.2) is 0 Å². The zero-order chi connectivity index (χ0) is 19.7. The van der Waals surface area contributed by atoms with Crippen LogP contribution in [0.4, 0.5) is 5.69 Å². The van der Waals surface area contributed by atoms with E-state index in [-0.39, 0.29) is 11.8 Å². The minimum absolute atomic E-state index is 0.00932. The van der Waals surface area contributed by atoms with Gasteiger partial charge >= 0.3 is 0 Å². The van der Waals surface area contributed by atoms with Crippen molar-refractivity contribution in [3.8, 4) is 10.6 Å². The lowest BCUT2D eigenvalue weighted by atomic mass is 10.1. The van der Waals surface area contributed by atoms with Gasteiger partial charge in [-0.2, -0.15) is 5.10 Å². The Bertz CT molecular complexity index is 1100. The average Bonchev–Trinajstić information content (AvgIpc) is 3.27. The number of benzene rings is 2. The highest BCUT2D eigenvalue weighted by molar-refractivity contribution is 7.17. The first-order valence-electron chi connectivity index (χ1n) is 8.82. The summed E-state index contributed by atoms with van der Waals surface area (Å²) >= 11 is 1.35. The van der Waals surface area contributed by atoms with Gasteiger partial charge in [0.2, 0.25) is 5.91 Å². The maximum atomic E-state index is 12.6. The van der Waals surface area contributed by atoms with Crippen LogP contribution in [0.3, 0.4) is 0 Å². The van der Waals surface area contributed by atoms with Gasteiger partial charge in [0, 0.05) is 11.3 Å². The molecule has 0 unspecified atom stereocenters. The second-order valence-corrected chi connectivity index (χ2v) is 7.53. The number of aromatic nitrogens is 1. The minimum atomic E-state index is -0.283. The summed E-state index contributed by atoms with van der Waals surface area (Å²) in [4.78, 5) is 29.1. The number of hydrogen-bond acceptors (Lipinski definition) is 5. The van der Waals surface area contributed by atoms with Gasteiger partial charge in [-0.05, 0) is 37.1 Å². The quantitative estimate of drug-likeness (QED) is 0.525. The topological polar surface area (TPSA) is 83.5 Å². The Kier molecular flexibility index (Phi) is 4.75. The number of carbonyl (C=O) groups is 2. The number of fused-ring (bicyclic) bond motifs is 1. The van der Waals surface area contributed by atoms with Gasteiger partial charge in [-0.15, -0.1) is 11.3 Å². The molecule has 2 amide bonds. The van der Waals surface area contributed by atoms with Crippen molar-refractivity contribution in [2.75, 3.05) is 5.32 Å². The number of thiazole rings is 1. The lowest BCUT2D eigenvalue weighted by Crippen LogP contribution is -2.19. The summed E-state index contributed by atoms with van der Waals surface area (Å²) in [5.41, 5.74) is 7.58. The molecule has 4 rings (SSSR count). The molecular formula is C21H18N4O2S. The van der Waals surface area contributed by atoms with Crippen LogP contribution in [0.5, 0.6) is 0 Å². The molecule has 6 nitrogen and oxygen atoms in total. The fraction of sp³-hybridized carbons (Fsp3) is 0.143. The highest BCUT2D eigenvalue weighted by atomic mass is 32.1. The number of aryl methyl sites for hydroxylation is 1. The summed E-state index contributed by atoms with van der Waals surface area (Å²) in [5.74, 6) is -0.292. The van der Waals surface area contributed by atoms with Crippen molar-refractivity contribution in [3.63, 3.8) is 0 Å². The summed E-state index contributed by atoms with van der Waals surface area (Å²) in [6.07, 6.45) is 0.366. The van der Waals surface area contributed by atoms with Gasteiger partial charge in [-0.25, -0.2) is 10.4 Å². The Morgan fingerprint density at radius 1 is 1.21 bits per heavy atom. The molecule has 2 heterocycles. The Balaban J connectivity index is 1.51. The second-order valence-electron chi connectivity index (χ2n) is 6.53. The zero-order valence-electron chi connectivity index (χ0n) is 15.4. The number of amides is 2. The van der Waals surface area contributed by atoms with E-state index in [4.69, 9.17) is 0 Å². The molecule has 2 aromatic carbocycles. The van der Waals surface area contributed by atoms with E-state index in [0.717, 1.165) is 27.4 Å². The van der Waals surface area contributed by atoms with Crippen molar-refractivity contribution in [2.45, 2.75) is 20.3 Å². The Morgan fingerprint density at radius 3 is 2.79 bits per heavy atom. The third-order valence-corrected chi connectivity index (χ3v) is 5.70. The summed E-state index contributed by atoms with van der Waals surface area (Å²) in [6.45, 7) is 3.64. The van der Waals surface area contributed by atoms with Crippen LogP contribution < -0.4 is 10.7 Å². The highest BCUT2D eigenvalue weighted by Gasteiger charge is 2.18. The third-order valence-electron chi connectivity index (χ3n) is 4.50. The maximum absolute atomic E-state index is 12.6. The Morgan fingerprint density at radius 2 is 2.00 bits per heavy atom. The van der Waals surface area contributed by atoms with E-state index in [1.165, 1.54) is 11.3 Å². The van der Waals surface area contributed by atoms with Crippen molar-refractivity contribution in [1.29, 1.82) is 0 Å². The summed E-state index contributed by atoms with van der Waals surface area (Å²) in [5, 5.41) is 7.84. The molecule has 2 N–H and O–H groups in total. The van der Waals surface area contributed by atoms with Gasteiger partial charge in [0.1, 0.15) is 9.88 Å². The van der Waals surface area contributed by atoms with Crippen LogP contribution in [-0.2, 0) is 11.2 Å². The molecular weight excluding hydrogens is 372 g/mol. The normalized spacial score (nSPS) is 13.2. The predicted molar refractivity (Wildman–Crippen MR) is 111 cm³/mol. The molecule has 0 fully saturated rings. The molecule has 140 valence electrons. The van der Waals surface area contributed by atoms with Crippen molar-refractivity contribution >= 4 is 34.6 Å². The van der Waals surface area contributed by atoms with Gasteiger partial charge in [0.05, 0.1) is 17.8 Å². The van der Waals surface area contributed by atoms with E-state index in [0.29, 0.717) is 22.7 Å². The van der Waals surface area contributed by atoms with E-state index >= 15 is 0 Å². The molecule has 3 aromatic rings. The average molecular weight is 390 g/mol. The standard InChI is InChI=1S/C21H18N4O2S/c1-12(15-8-9-17-16(10-15)11-18(26)23-17)24-25-20(27)19-13(2)22-21(28-19)14-6-4-3-5-7-14/h3-10H,11H2,1-2H3,(H,23,26)(H,25,27). The smallest absolute Gasteiger partial charge is 0.283 e. The van der Waals surface area contributed by atoms with Crippen LogP contribution in [0.15, 0.2) is 53.6 Å². The van der Waals surface area contributed by atoms with Crippen LogP contribution in [0.2, 0.25) is 0 Å². The second kappa shape index (κ2) is 7.36. The van der Waals surface area contributed by atoms with Crippen LogP contribution in [0, 0.1) is 6.92 Å². The number of anilines is 1. The lowest BCUT2D eigenvalue weighted by Gasteiger charge is -2.05. The number of nitrogens with one attached hydrogen (secondary N) is 2. The maximum Gasteiger partial charge on any atom is 0.283 e. The molecule has 1 aliphatic heterocycles. The molecule has 1 aliphatic rings. The minimum Gasteiger partial charge on any atom is -0.326 e. The molecule has 28 heavy (non-hydrogen) atoms. The Labute approximate surface area is 166 Å². The van der Waals surface area contributed by atoms with Crippen LogP contribution in [-0.4, -0.2) is 22.5 Å². The first-order chi connectivity index (χ1) is 13.5. The van der Waals surface area contributed by atoms with E-state index < -0.39 is 0 Å². The largest absolute Gasteiger partial charge is 0.326 e. The van der Waals surface area contributed by atoms with Gasteiger partial charge < -0.3 is 5.32 Å². The number of hydrazone groups is 1. The van der Waals surface area contributed by atoms with Gasteiger partial charge in [-0.1, -0.05) is 36.4 Å². The molecule has 0 spiro atoms. The molecule has 0 saturated heterocycles. The highest BCUT2D eigenvalue weighted by Crippen LogP contribution is 2.28. The molecule has 1 aromatic heterocycles. The molecule has 0 saturated carbocycles. The summed E-state index contributed by atoms with van der Waals surface area (Å²) in [6, 6.07) is 15.4. The van der Waals surface area contributed by atoms with Crippen LogP contribution >= 0.6 is 11.3 Å². The van der Waals surface area contributed by atoms with Crippen molar-refractivity contribution in [1.82, 2.24) is 10.4 Å². The number of hydrogen-bond donors (Lipinski definition) is 2. The Hall–Kier alpha value is -3.32. The first-order valence-corrected chi connectivity index (χ1v) is 9.63. The predicted octanol–water partition coefficient (Wildman–Crippen LogP) is 3.77. The molecule has 0 atom stereocenters. The fourth-order valence-electron chi connectivity index (χ4n) is 3.02. The molecule has 0 radical (unpaired) electrons. The SMILES string of the molecule is CC(=NNC(=O)c1sc(-c2ccccc2)nc1C)c1ccc2c(c1)CC(=O)N2. The lowest BCUT2D eigenvalue weighted by molar-refractivity contribution is -0.115. The molecule has 0 bridgehead atoms. The van der Waals surface area contributed by atoms with E-state index in [2.05, 4.69) is 20.8 Å². The third kappa shape index (κ3) is 3.57. The van der Waals surface area contributed by atoms with E-state index in [1.54, 1.807) is 0 Å². The number of rotatable bonds is 4. The van der Waals surface area contributed by atoms with Crippen LogP contribution in [0.1, 0.15) is 33.4 Å². The zero-order valence-corrected chi connectivity index (χ0v) is 16.3. The number of carbonyl (C=O) groups excluding carboxylic acids is 2. The summed E-state index contributed by atoms with van der Waals surface area (Å²) < 4.78 is 0. The number of nitrogens with zero attached hydrogens (tertiary/aromatic N) is 2. The van der Waals surface area contributed by atoms with E-state index in [1.807, 2.05) is 62.4 Å².